The molecule has 0 amide bonds. The highest BCUT2D eigenvalue weighted by atomic mass is 79.9. The van der Waals surface area contributed by atoms with Crippen LogP contribution in [0.25, 0.3) is 0 Å². The van der Waals surface area contributed by atoms with Crippen LogP contribution in [-0.2, 0) is 4.79 Å². The highest BCUT2D eigenvalue weighted by Crippen LogP contribution is 2.27. The van der Waals surface area contributed by atoms with Crippen molar-refractivity contribution >= 4 is 21.7 Å². The van der Waals surface area contributed by atoms with Gasteiger partial charge in [0.2, 0.25) is 0 Å². The number of nitrogens with zero attached hydrogens (tertiary/aromatic N) is 3. The van der Waals surface area contributed by atoms with Gasteiger partial charge in [0.15, 0.2) is 10.7 Å². The largest absolute Gasteiger partial charge is 0.296 e. The lowest BCUT2D eigenvalue weighted by Crippen LogP contribution is -2.32. The van der Waals surface area contributed by atoms with Gasteiger partial charge in [-0.1, -0.05) is 29.8 Å². The van der Waals surface area contributed by atoms with Crippen molar-refractivity contribution in [2.45, 2.75) is 18.8 Å². The summed E-state index contributed by atoms with van der Waals surface area (Å²) in [5.74, 6) is -0.259. The minimum Gasteiger partial charge on any atom is -0.296 e. The number of hydrogen-bond donors (Lipinski definition) is 0. The third-order valence-electron chi connectivity index (χ3n) is 1.89. The fourth-order valence-corrected chi connectivity index (χ4v) is 1.67. The molecule has 1 atom stereocenters. The number of alkyl halides is 2. The summed E-state index contributed by atoms with van der Waals surface area (Å²) in [6, 6.07) is 0. The molecule has 4 nitrogen and oxygen atoms in total. The molecule has 6 heteroatoms. The smallest absolute Gasteiger partial charge is 0.176 e. The van der Waals surface area contributed by atoms with Gasteiger partial charge in [-0.05, 0) is 0 Å². The minimum atomic E-state index is -1.000. The molecule has 0 bridgehead atoms. The van der Waals surface area contributed by atoms with E-state index in [0.29, 0.717) is 0 Å². The first kappa shape index (κ1) is 11.3. The third kappa shape index (κ3) is 2.17. The Balaban J connectivity index is 2.81. The second kappa shape index (κ2) is 4.16. The lowest BCUT2D eigenvalue weighted by molar-refractivity contribution is -0.128. The zero-order valence-corrected chi connectivity index (χ0v) is 9.53. The Hall–Kier alpha value is -0.780. The summed E-state index contributed by atoms with van der Waals surface area (Å²) in [7, 11) is 0. The number of carbonyl (C=O) groups is 1. The predicted octanol–water partition coefficient (Wildman–Crippen LogP) is 1.74. The fraction of sp³-hybridized carbons (Fsp3) is 0.625. The molecule has 0 aliphatic heterocycles. The average molecular weight is 264 g/mol. The van der Waals surface area contributed by atoms with Gasteiger partial charge in [0.25, 0.3) is 0 Å². The zero-order chi connectivity index (χ0) is 10.8. The summed E-state index contributed by atoms with van der Waals surface area (Å²) >= 11 is 3.15. The topological polar surface area (TPSA) is 47.8 Å². The van der Waals surface area contributed by atoms with Crippen LogP contribution in [0.5, 0.6) is 0 Å². The van der Waals surface area contributed by atoms with Gasteiger partial charge in [0, 0.05) is 0 Å². The molecule has 1 aromatic rings. The molecule has 0 aliphatic rings. The Morgan fingerprint density at radius 2 is 2.36 bits per heavy atom. The molecule has 0 N–H and O–H groups in total. The van der Waals surface area contributed by atoms with Crippen molar-refractivity contribution in [3.63, 3.8) is 0 Å². The Bertz CT molecular complexity index is 312. The molecule has 1 rings (SSSR count). The van der Waals surface area contributed by atoms with Crippen LogP contribution in [0.15, 0.2) is 12.7 Å². The Kier molecular flexibility index (Phi) is 3.36. The fourth-order valence-electron chi connectivity index (χ4n) is 0.843. The van der Waals surface area contributed by atoms with Gasteiger partial charge in [-0.25, -0.2) is 9.67 Å². The van der Waals surface area contributed by atoms with Crippen molar-refractivity contribution < 1.29 is 9.18 Å². The number of carbonyl (C=O) groups excluding carboxylic acids is 1. The summed E-state index contributed by atoms with van der Waals surface area (Å²) in [6.07, 6.45) is 2.73. The van der Waals surface area contributed by atoms with E-state index in [1.807, 2.05) is 0 Å². The van der Waals surface area contributed by atoms with Gasteiger partial charge in [-0.15, -0.1) is 0 Å². The monoisotopic (exact) mass is 263 g/mol. The first-order valence-electron chi connectivity index (χ1n) is 4.07. The highest BCUT2D eigenvalue weighted by Gasteiger charge is 2.33. The number of halogens is 2. The number of ketones is 1. The second-order valence-electron chi connectivity index (χ2n) is 3.59. The number of hydrogen-bond acceptors (Lipinski definition) is 3. The summed E-state index contributed by atoms with van der Waals surface area (Å²) in [4.78, 5) is 14.8. The first-order chi connectivity index (χ1) is 6.49. The highest BCUT2D eigenvalue weighted by molar-refractivity contribution is 9.09. The normalized spacial score (nSPS) is 14.0. The van der Waals surface area contributed by atoms with Crippen molar-refractivity contribution in [3.05, 3.63) is 12.7 Å². The van der Waals surface area contributed by atoms with Gasteiger partial charge in [-0.3, -0.25) is 9.18 Å². The average Bonchev–Trinajstić information content (AvgIpc) is 2.68. The van der Waals surface area contributed by atoms with Crippen LogP contribution in [-0.4, -0.2) is 27.2 Å². The van der Waals surface area contributed by atoms with E-state index in [4.69, 9.17) is 0 Å². The molecule has 0 aliphatic carbocycles. The lowest BCUT2D eigenvalue weighted by Gasteiger charge is -2.21. The standard InChI is InChI=1S/C8H11BrFN3O/c1-8(2,3-10)6(14)7(9)13-5-11-4-12-13/h4-5,7H,3H2,1-2H3. The van der Waals surface area contributed by atoms with Crippen LogP contribution < -0.4 is 0 Å². The quantitative estimate of drug-likeness (QED) is 0.778. The van der Waals surface area contributed by atoms with E-state index in [-0.39, 0.29) is 5.78 Å². The van der Waals surface area contributed by atoms with E-state index in [2.05, 4.69) is 26.0 Å². The molecule has 14 heavy (non-hydrogen) atoms. The summed E-state index contributed by atoms with van der Waals surface area (Å²) in [5, 5.41) is 3.80. The zero-order valence-electron chi connectivity index (χ0n) is 7.94. The maximum Gasteiger partial charge on any atom is 0.176 e. The Morgan fingerprint density at radius 1 is 1.71 bits per heavy atom. The molecule has 0 radical (unpaired) electrons. The van der Waals surface area contributed by atoms with Crippen molar-refractivity contribution in [2.24, 2.45) is 5.41 Å². The molecule has 0 saturated carbocycles. The van der Waals surface area contributed by atoms with Crippen molar-refractivity contribution in [2.75, 3.05) is 6.67 Å². The Labute approximate surface area is 89.6 Å². The Morgan fingerprint density at radius 3 is 2.79 bits per heavy atom. The summed E-state index contributed by atoms with van der Waals surface area (Å²) < 4.78 is 13.9. The van der Waals surface area contributed by atoms with Crippen LogP contribution in [0.4, 0.5) is 4.39 Å². The summed E-state index contributed by atoms with van der Waals surface area (Å²) in [6.45, 7) is 2.42. The molecule has 1 unspecified atom stereocenters. The first-order valence-corrected chi connectivity index (χ1v) is 4.99. The number of aromatic nitrogens is 3. The van der Waals surface area contributed by atoms with E-state index in [1.54, 1.807) is 13.8 Å². The molecule has 0 saturated heterocycles. The molecule has 0 aromatic carbocycles. The van der Waals surface area contributed by atoms with E-state index >= 15 is 0 Å². The number of rotatable bonds is 4. The predicted molar refractivity (Wildman–Crippen MR) is 52.7 cm³/mol. The maximum absolute atomic E-state index is 12.5. The van der Waals surface area contributed by atoms with E-state index < -0.39 is 17.0 Å². The number of Topliss-reactive ketones (excluding diaryl/α,β-unsaturated/α-hetero) is 1. The molecule has 0 spiro atoms. The van der Waals surface area contributed by atoms with E-state index in [1.165, 1.54) is 17.3 Å². The van der Waals surface area contributed by atoms with Gasteiger partial charge in [0.1, 0.15) is 19.3 Å². The molecule has 1 aromatic heterocycles. The van der Waals surface area contributed by atoms with E-state index in [9.17, 15) is 9.18 Å². The minimum absolute atomic E-state index is 0.259. The van der Waals surface area contributed by atoms with Gasteiger partial charge in [0.05, 0.1) is 5.41 Å². The molecule has 1 heterocycles. The maximum atomic E-state index is 12.5. The van der Waals surface area contributed by atoms with Crippen molar-refractivity contribution in [1.29, 1.82) is 0 Å². The van der Waals surface area contributed by atoms with Gasteiger partial charge in [-0.2, -0.15) is 5.10 Å². The second-order valence-corrected chi connectivity index (χ2v) is 4.46. The van der Waals surface area contributed by atoms with Crippen LogP contribution in [0.2, 0.25) is 0 Å². The lowest BCUT2D eigenvalue weighted by atomic mass is 9.90. The third-order valence-corrected chi connectivity index (χ3v) is 2.72. The van der Waals surface area contributed by atoms with Crippen LogP contribution >= 0.6 is 15.9 Å². The van der Waals surface area contributed by atoms with E-state index in [0.717, 1.165) is 0 Å². The molecule has 0 fully saturated rings. The molecular weight excluding hydrogens is 253 g/mol. The van der Waals surface area contributed by atoms with Crippen molar-refractivity contribution in [3.8, 4) is 0 Å². The molecular formula is C8H11BrFN3O. The summed E-state index contributed by atoms with van der Waals surface area (Å²) in [5.41, 5.74) is -1.000. The van der Waals surface area contributed by atoms with Crippen molar-refractivity contribution in [1.82, 2.24) is 14.8 Å². The van der Waals surface area contributed by atoms with Gasteiger partial charge < -0.3 is 0 Å². The van der Waals surface area contributed by atoms with Gasteiger partial charge >= 0.3 is 0 Å². The van der Waals surface area contributed by atoms with Crippen LogP contribution in [0.1, 0.15) is 18.8 Å². The SMILES string of the molecule is CC(C)(CF)C(=O)C(Br)n1cncn1. The van der Waals surface area contributed by atoms with Crippen LogP contribution in [0.3, 0.4) is 0 Å². The van der Waals surface area contributed by atoms with Crippen LogP contribution in [0, 0.1) is 5.41 Å². The molecule has 78 valence electrons.